The van der Waals surface area contributed by atoms with Crippen molar-refractivity contribution in [3.8, 4) is 0 Å². The predicted molar refractivity (Wildman–Crippen MR) is 181 cm³/mol. The van der Waals surface area contributed by atoms with Crippen molar-refractivity contribution in [2.75, 3.05) is 36.1 Å². The van der Waals surface area contributed by atoms with Gasteiger partial charge in [0.05, 0.1) is 37.9 Å². The van der Waals surface area contributed by atoms with Gasteiger partial charge in [-0.2, -0.15) is 0 Å². The van der Waals surface area contributed by atoms with E-state index in [0.29, 0.717) is 41.7 Å². The van der Waals surface area contributed by atoms with E-state index in [4.69, 9.17) is 21.1 Å². The molecule has 3 amide bonds. The monoisotopic (exact) mass is 677 g/mol. The number of hydrogen-bond acceptors (Lipinski definition) is 7. The van der Waals surface area contributed by atoms with Gasteiger partial charge in [0.15, 0.2) is 13.9 Å². The standard InChI is InChI=1S/C35H40ClN3O7Si/c1-23-32(47(2,3)44)30(20-31(41)37(15-17-40)21-24-7-5-4-6-8-24)46-35(23)28-19-26(36)11-14-29(28)39(33(35)42)22-25-9-12-27(13-10-25)38-16-18-45-34(38)43/h4-14,19,23,30,32,40,44H,15-18,20-22H2,1-3H3/t23-,30+,32-,35+/m0/s1. The summed E-state index contributed by atoms with van der Waals surface area (Å²) in [7, 11) is -3.01. The van der Waals surface area contributed by atoms with Crippen LogP contribution in [-0.2, 0) is 37.8 Å². The Morgan fingerprint density at radius 2 is 1.79 bits per heavy atom. The molecule has 47 heavy (non-hydrogen) atoms. The van der Waals surface area contributed by atoms with E-state index in [-0.39, 0.29) is 44.0 Å². The average molecular weight is 678 g/mol. The van der Waals surface area contributed by atoms with Crippen molar-refractivity contribution in [1.29, 1.82) is 0 Å². The third-order valence-corrected chi connectivity index (χ3v) is 12.3. The molecule has 10 nitrogen and oxygen atoms in total. The molecule has 0 aliphatic carbocycles. The smallest absolute Gasteiger partial charge is 0.414 e. The maximum atomic E-state index is 14.7. The zero-order chi connectivity index (χ0) is 33.5. The molecule has 2 fully saturated rings. The molecule has 4 atom stereocenters. The fourth-order valence-electron chi connectivity index (χ4n) is 7.52. The molecule has 0 aromatic heterocycles. The van der Waals surface area contributed by atoms with Gasteiger partial charge in [0, 0.05) is 40.8 Å². The molecule has 2 N–H and O–H groups in total. The predicted octanol–water partition coefficient (Wildman–Crippen LogP) is 5.05. The van der Waals surface area contributed by atoms with Gasteiger partial charge in [0.25, 0.3) is 5.91 Å². The van der Waals surface area contributed by atoms with Crippen molar-refractivity contribution in [1.82, 2.24) is 4.90 Å². The van der Waals surface area contributed by atoms with Crippen molar-refractivity contribution < 1.29 is 33.8 Å². The molecule has 0 bridgehead atoms. The Bertz CT molecular complexity index is 1650. The molecule has 2 saturated heterocycles. The van der Waals surface area contributed by atoms with Crippen LogP contribution >= 0.6 is 11.6 Å². The van der Waals surface area contributed by atoms with Crippen LogP contribution in [0.5, 0.6) is 0 Å². The molecule has 6 rings (SSSR count). The number of halogens is 1. The van der Waals surface area contributed by atoms with Gasteiger partial charge in [0.2, 0.25) is 5.91 Å². The van der Waals surface area contributed by atoms with Gasteiger partial charge >= 0.3 is 6.09 Å². The zero-order valence-electron chi connectivity index (χ0n) is 26.8. The third kappa shape index (κ3) is 6.18. The molecule has 0 unspecified atom stereocenters. The summed E-state index contributed by atoms with van der Waals surface area (Å²) in [6.45, 7) is 6.89. The van der Waals surface area contributed by atoms with Crippen LogP contribution in [0.4, 0.5) is 16.2 Å². The molecule has 3 aromatic rings. The minimum Gasteiger partial charge on any atom is -0.447 e. The van der Waals surface area contributed by atoms with Crippen molar-refractivity contribution in [3.63, 3.8) is 0 Å². The van der Waals surface area contributed by atoms with E-state index in [2.05, 4.69) is 0 Å². The number of benzene rings is 3. The molecule has 0 saturated carbocycles. The highest BCUT2D eigenvalue weighted by Gasteiger charge is 2.66. The van der Waals surface area contributed by atoms with Crippen LogP contribution in [0.15, 0.2) is 72.8 Å². The van der Waals surface area contributed by atoms with Crippen molar-refractivity contribution >= 4 is 49.2 Å². The molecule has 0 radical (unpaired) electrons. The summed E-state index contributed by atoms with van der Waals surface area (Å²) in [5, 5.41) is 10.2. The summed E-state index contributed by atoms with van der Waals surface area (Å²) in [5.41, 5.74) is 1.87. The molecule has 248 valence electrons. The lowest BCUT2D eigenvalue weighted by molar-refractivity contribution is -0.150. The molecular formula is C35H40ClN3O7Si. The van der Waals surface area contributed by atoms with Crippen LogP contribution in [0.1, 0.15) is 30.0 Å². The minimum absolute atomic E-state index is 0.0514. The third-order valence-electron chi connectivity index (χ3n) is 9.61. The van der Waals surface area contributed by atoms with Crippen molar-refractivity contribution in [2.24, 2.45) is 5.92 Å². The van der Waals surface area contributed by atoms with Crippen molar-refractivity contribution in [3.05, 3.63) is 94.5 Å². The average Bonchev–Trinajstić information content (AvgIpc) is 3.66. The number of rotatable bonds is 10. The summed E-state index contributed by atoms with van der Waals surface area (Å²) in [5.74, 6) is -0.967. The molecule has 3 aromatic carbocycles. The number of hydrogen-bond donors (Lipinski definition) is 2. The van der Waals surface area contributed by atoms with E-state index in [9.17, 15) is 24.3 Å². The summed E-state index contributed by atoms with van der Waals surface area (Å²) in [6, 6.07) is 22.3. The van der Waals surface area contributed by atoms with Gasteiger partial charge in [-0.3, -0.25) is 14.5 Å². The first-order valence-electron chi connectivity index (χ1n) is 15.9. The van der Waals surface area contributed by atoms with Gasteiger partial charge in [-0.05, 0) is 54.6 Å². The zero-order valence-corrected chi connectivity index (χ0v) is 28.5. The first-order chi connectivity index (χ1) is 22.4. The minimum atomic E-state index is -3.01. The van der Waals surface area contributed by atoms with Gasteiger partial charge in [-0.1, -0.05) is 61.0 Å². The first-order valence-corrected chi connectivity index (χ1v) is 19.3. The maximum Gasteiger partial charge on any atom is 0.414 e. The van der Waals surface area contributed by atoms with Gasteiger partial charge in [0.1, 0.15) is 6.61 Å². The topological polar surface area (TPSA) is 120 Å². The van der Waals surface area contributed by atoms with Crippen LogP contribution in [0.2, 0.25) is 23.7 Å². The second-order valence-electron chi connectivity index (χ2n) is 13.1. The Balaban J connectivity index is 1.31. The second-order valence-corrected chi connectivity index (χ2v) is 17.5. The van der Waals surface area contributed by atoms with Crippen LogP contribution in [0.3, 0.4) is 0 Å². The highest BCUT2D eigenvalue weighted by Crippen LogP contribution is 2.60. The number of fused-ring (bicyclic) bond motifs is 2. The van der Waals surface area contributed by atoms with Crippen LogP contribution in [0.25, 0.3) is 0 Å². The Morgan fingerprint density at radius 1 is 1.06 bits per heavy atom. The Hall–Kier alpha value is -3.74. The molecule has 1 spiro atoms. The number of carbonyl (C=O) groups excluding carboxylic acids is 3. The Labute approximate surface area is 280 Å². The lowest BCUT2D eigenvalue weighted by Gasteiger charge is -2.32. The Kier molecular flexibility index (Phi) is 9.21. The van der Waals surface area contributed by atoms with E-state index in [1.54, 1.807) is 26.8 Å². The first kappa shape index (κ1) is 33.2. The van der Waals surface area contributed by atoms with Crippen LogP contribution in [-0.4, -0.2) is 73.4 Å². The second kappa shape index (κ2) is 13.0. The summed E-state index contributed by atoms with van der Waals surface area (Å²) in [6.07, 6.45) is -1.18. The number of carbonyl (C=O) groups is 3. The summed E-state index contributed by atoms with van der Waals surface area (Å²) in [4.78, 5) is 57.0. The number of amides is 3. The van der Waals surface area contributed by atoms with Gasteiger partial charge in [-0.15, -0.1) is 0 Å². The number of aliphatic hydroxyl groups excluding tert-OH is 1. The lowest BCUT2D eigenvalue weighted by Crippen LogP contribution is -2.46. The number of nitrogens with zero attached hydrogens (tertiary/aromatic N) is 3. The Morgan fingerprint density at radius 3 is 2.43 bits per heavy atom. The highest BCUT2D eigenvalue weighted by atomic mass is 35.5. The van der Waals surface area contributed by atoms with E-state index in [0.717, 1.165) is 11.1 Å². The normalized spacial score (nSPS) is 23.8. The lowest BCUT2D eigenvalue weighted by atomic mass is 9.82. The molecule has 3 aliphatic rings. The fourth-order valence-corrected chi connectivity index (χ4v) is 10.2. The largest absolute Gasteiger partial charge is 0.447 e. The van der Waals surface area contributed by atoms with E-state index >= 15 is 0 Å². The van der Waals surface area contributed by atoms with E-state index < -0.39 is 31.5 Å². The molecule has 12 heteroatoms. The van der Waals surface area contributed by atoms with Crippen LogP contribution < -0.4 is 9.80 Å². The summed E-state index contributed by atoms with van der Waals surface area (Å²) < 4.78 is 11.9. The summed E-state index contributed by atoms with van der Waals surface area (Å²) >= 11 is 6.53. The molecular weight excluding hydrogens is 638 g/mol. The number of ether oxygens (including phenoxy) is 2. The van der Waals surface area contributed by atoms with E-state index in [1.807, 2.05) is 80.7 Å². The number of aliphatic hydroxyl groups is 1. The molecule has 3 heterocycles. The maximum absolute atomic E-state index is 14.7. The van der Waals surface area contributed by atoms with Gasteiger partial charge < -0.3 is 29.2 Å². The SMILES string of the molecule is C[C@H]1[C@H]([Si](C)(C)O)[C@@H](CC(=O)N(CCO)Cc2ccccc2)O[C@]12C(=O)N(Cc1ccc(N3CCOC3=O)cc1)c1ccc(Cl)cc12. The highest BCUT2D eigenvalue weighted by molar-refractivity contribution is 6.71. The van der Waals surface area contributed by atoms with Gasteiger partial charge in [-0.25, -0.2) is 4.79 Å². The number of anilines is 2. The van der Waals surface area contributed by atoms with Crippen LogP contribution in [0, 0.1) is 5.92 Å². The quantitative estimate of drug-likeness (QED) is 0.288. The van der Waals surface area contributed by atoms with Crippen molar-refractivity contribution in [2.45, 2.75) is 56.8 Å². The van der Waals surface area contributed by atoms with E-state index in [1.165, 1.54) is 0 Å². The molecule has 3 aliphatic heterocycles. The fraction of sp³-hybridized carbons (Fsp3) is 0.400. The number of cyclic esters (lactones) is 1.